The third-order valence-electron chi connectivity index (χ3n) is 11.6. The molecule has 2 fully saturated rings. The summed E-state index contributed by atoms with van der Waals surface area (Å²) >= 11 is 0. The van der Waals surface area contributed by atoms with Gasteiger partial charge in [-0.2, -0.15) is 0 Å². The molecule has 0 unspecified atom stereocenters. The van der Waals surface area contributed by atoms with E-state index in [1.54, 1.807) is 0 Å². The van der Waals surface area contributed by atoms with Gasteiger partial charge in [0.05, 0.1) is 0 Å². The van der Waals surface area contributed by atoms with Crippen LogP contribution in [-0.4, -0.2) is 0 Å². The molecule has 0 aliphatic heterocycles. The zero-order valence-corrected chi connectivity index (χ0v) is 29.9. The Labute approximate surface area is 289 Å². The predicted molar refractivity (Wildman–Crippen MR) is 201 cm³/mol. The third-order valence-corrected chi connectivity index (χ3v) is 11.6. The number of hydrogen-bond donors (Lipinski definition) is 2. The second-order valence-corrected chi connectivity index (χ2v) is 15.1. The lowest BCUT2D eigenvalue weighted by atomic mass is 9.59. The maximum Gasteiger partial charge on any atom is 0.133 e. The highest BCUT2D eigenvalue weighted by Gasteiger charge is 2.42. The number of anilines is 2. The molecule has 0 spiro atoms. The largest absolute Gasteiger partial charge is 0.457 e. The molecule has 4 N–H and O–H groups in total. The van der Waals surface area contributed by atoms with Gasteiger partial charge in [0.25, 0.3) is 0 Å². The Hall–Kier alpha value is -3.92. The van der Waals surface area contributed by atoms with Gasteiger partial charge in [0, 0.05) is 28.9 Å². The van der Waals surface area contributed by atoms with E-state index in [2.05, 4.69) is 58.9 Å². The van der Waals surface area contributed by atoms with E-state index in [-0.39, 0.29) is 5.41 Å². The van der Waals surface area contributed by atoms with Crippen LogP contribution in [0, 0.1) is 45.4 Å². The zero-order chi connectivity index (χ0) is 33.8. The molecule has 0 aromatic heterocycles. The van der Waals surface area contributed by atoms with Crippen molar-refractivity contribution in [2.75, 3.05) is 11.5 Å². The van der Waals surface area contributed by atoms with Crippen molar-refractivity contribution in [1.82, 2.24) is 0 Å². The maximum absolute atomic E-state index is 6.44. The van der Waals surface area contributed by atoms with Gasteiger partial charge in [-0.05, 0) is 142 Å². The van der Waals surface area contributed by atoms with Crippen LogP contribution in [0.4, 0.5) is 11.4 Å². The average Bonchev–Trinajstić information content (AvgIpc) is 3.07. The SMILES string of the molecule is CCCCC1CCC(C2CCC(c3cc(C)c(Oc4cccc(N)c4)c(C)c3)(c3cc(C)c(Oc4cccc(N)c4)c(C)c3)CC2)CC1. The molecular weight excluding hydrogens is 588 g/mol. The Kier molecular flexibility index (Phi) is 10.4. The topological polar surface area (TPSA) is 70.5 Å². The fourth-order valence-corrected chi connectivity index (χ4v) is 8.96. The number of benzene rings is 4. The van der Waals surface area contributed by atoms with Crippen LogP contribution >= 0.6 is 0 Å². The molecule has 6 rings (SSSR count). The Morgan fingerprint density at radius 3 is 1.46 bits per heavy atom. The van der Waals surface area contributed by atoms with E-state index >= 15 is 0 Å². The standard InChI is InChI=1S/C44H56N2O2/c1-6-7-10-33-15-17-34(18-16-33)35-19-21-44(22-20-35,36-23-29(2)42(30(3)24-36)47-40-13-8-11-38(45)27-40)37-25-31(4)43(32(5)26-37)48-41-14-9-12-39(46)28-41/h8-9,11-14,23-28,33-35H,6-7,10,15-22,45-46H2,1-5H3. The van der Waals surface area contributed by atoms with E-state index < -0.39 is 0 Å². The smallest absolute Gasteiger partial charge is 0.133 e. The molecule has 4 heteroatoms. The summed E-state index contributed by atoms with van der Waals surface area (Å²) in [7, 11) is 0. The number of aryl methyl sites for hydroxylation is 4. The van der Waals surface area contributed by atoms with Gasteiger partial charge in [-0.15, -0.1) is 0 Å². The van der Waals surface area contributed by atoms with E-state index in [0.717, 1.165) is 75.8 Å². The van der Waals surface area contributed by atoms with Crippen LogP contribution < -0.4 is 20.9 Å². The Morgan fingerprint density at radius 2 is 1.04 bits per heavy atom. The van der Waals surface area contributed by atoms with E-state index in [1.165, 1.54) is 68.9 Å². The molecular formula is C44H56N2O2. The Bertz CT molecular complexity index is 1560. The number of nitrogens with two attached hydrogens (primary N) is 2. The molecule has 48 heavy (non-hydrogen) atoms. The minimum atomic E-state index is -0.0642. The monoisotopic (exact) mass is 644 g/mol. The van der Waals surface area contributed by atoms with Gasteiger partial charge in [-0.25, -0.2) is 0 Å². The average molecular weight is 645 g/mol. The van der Waals surface area contributed by atoms with E-state index in [1.807, 2.05) is 48.5 Å². The minimum Gasteiger partial charge on any atom is -0.457 e. The predicted octanol–water partition coefficient (Wildman–Crippen LogP) is 12.1. The van der Waals surface area contributed by atoms with Crippen molar-refractivity contribution < 1.29 is 9.47 Å². The fraction of sp³-hybridized carbons (Fsp3) is 0.455. The molecule has 2 aliphatic rings. The number of rotatable bonds is 10. The van der Waals surface area contributed by atoms with Crippen molar-refractivity contribution in [3.63, 3.8) is 0 Å². The fourth-order valence-electron chi connectivity index (χ4n) is 8.96. The zero-order valence-electron chi connectivity index (χ0n) is 29.9. The van der Waals surface area contributed by atoms with Gasteiger partial charge in [-0.3, -0.25) is 0 Å². The second-order valence-electron chi connectivity index (χ2n) is 15.1. The highest BCUT2D eigenvalue weighted by molar-refractivity contribution is 5.55. The van der Waals surface area contributed by atoms with Crippen molar-refractivity contribution in [2.45, 2.75) is 111 Å². The van der Waals surface area contributed by atoms with Crippen LogP contribution in [0.2, 0.25) is 0 Å². The molecule has 0 heterocycles. The number of nitrogen functional groups attached to an aromatic ring is 2. The highest BCUT2D eigenvalue weighted by Crippen LogP contribution is 2.52. The number of ether oxygens (including phenoxy) is 2. The van der Waals surface area contributed by atoms with Crippen LogP contribution in [0.5, 0.6) is 23.0 Å². The molecule has 0 saturated heterocycles. The Morgan fingerprint density at radius 1 is 0.604 bits per heavy atom. The first-order valence-corrected chi connectivity index (χ1v) is 18.5. The quantitative estimate of drug-likeness (QED) is 0.169. The number of unbranched alkanes of at least 4 members (excludes halogenated alkanes) is 1. The molecule has 0 radical (unpaired) electrons. The lowest BCUT2D eigenvalue weighted by Gasteiger charge is -2.45. The Balaban J connectivity index is 1.32. The molecule has 0 amide bonds. The molecule has 4 aromatic carbocycles. The summed E-state index contributed by atoms with van der Waals surface area (Å²) in [5.74, 6) is 6.06. The van der Waals surface area contributed by atoms with E-state index in [9.17, 15) is 0 Å². The summed E-state index contributed by atoms with van der Waals surface area (Å²) < 4.78 is 12.9. The van der Waals surface area contributed by atoms with Gasteiger partial charge in [0.1, 0.15) is 23.0 Å². The second kappa shape index (κ2) is 14.7. The molecule has 2 saturated carbocycles. The van der Waals surface area contributed by atoms with Gasteiger partial charge in [0.2, 0.25) is 0 Å². The summed E-state index contributed by atoms with van der Waals surface area (Å²) in [6.45, 7) is 11.1. The van der Waals surface area contributed by atoms with Crippen molar-refractivity contribution in [3.05, 3.63) is 106 Å². The summed E-state index contributed by atoms with van der Waals surface area (Å²) in [6.07, 6.45) is 14.8. The first-order valence-electron chi connectivity index (χ1n) is 18.5. The van der Waals surface area contributed by atoms with Crippen molar-refractivity contribution in [1.29, 1.82) is 0 Å². The third kappa shape index (κ3) is 7.38. The first kappa shape index (κ1) is 34.0. The summed E-state index contributed by atoms with van der Waals surface area (Å²) in [5, 5.41) is 0. The normalized spacial score (nSPS) is 19.6. The maximum atomic E-state index is 6.44. The highest BCUT2D eigenvalue weighted by atomic mass is 16.5. The van der Waals surface area contributed by atoms with Crippen molar-refractivity contribution in [3.8, 4) is 23.0 Å². The molecule has 254 valence electrons. The number of hydrogen-bond acceptors (Lipinski definition) is 4. The van der Waals surface area contributed by atoms with Gasteiger partial charge >= 0.3 is 0 Å². The molecule has 4 nitrogen and oxygen atoms in total. The lowest BCUT2D eigenvalue weighted by molar-refractivity contribution is 0.140. The van der Waals surface area contributed by atoms with Gasteiger partial charge < -0.3 is 20.9 Å². The lowest BCUT2D eigenvalue weighted by Crippen LogP contribution is -2.36. The van der Waals surface area contributed by atoms with Gasteiger partial charge in [-0.1, -0.05) is 75.4 Å². The molecule has 0 atom stereocenters. The molecule has 2 aliphatic carbocycles. The minimum absolute atomic E-state index is 0.0642. The van der Waals surface area contributed by atoms with Crippen LogP contribution in [0.15, 0.2) is 72.8 Å². The van der Waals surface area contributed by atoms with Crippen LogP contribution in [0.1, 0.15) is 111 Å². The summed E-state index contributed by atoms with van der Waals surface area (Å²) in [5.41, 5.74) is 21.0. The summed E-state index contributed by atoms with van der Waals surface area (Å²) in [6, 6.07) is 25.0. The van der Waals surface area contributed by atoms with Crippen LogP contribution in [0.3, 0.4) is 0 Å². The summed E-state index contributed by atoms with van der Waals surface area (Å²) in [4.78, 5) is 0. The first-order chi connectivity index (χ1) is 23.1. The van der Waals surface area contributed by atoms with Crippen molar-refractivity contribution in [2.24, 2.45) is 17.8 Å². The van der Waals surface area contributed by atoms with Crippen molar-refractivity contribution >= 4 is 11.4 Å². The van der Waals surface area contributed by atoms with E-state index in [4.69, 9.17) is 20.9 Å². The van der Waals surface area contributed by atoms with E-state index in [0.29, 0.717) is 11.4 Å². The van der Waals surface area contributed by atoms with Crippen LogP contribution in [0.25, 0.3) is 0 Å². The van der Waals surface area contributed by atoms with Gasteiger partial charge in [0.15, 0.2) is 0 Å². The molecule has 0 bridgehead atoms. The van der Waals surface area contributed by atoms with Crippen LogP contribution in [-0.2, 0) is 5.41 Å². The molecule has 4 aromatic rings.